The van der Waals surface area contributed by atoms with E-state index in [9.17, 15) is 0 Å². The lowest BCUT2D eigenvalue weighted by Gasteiger charge is -2.28. The van der Waals surface area contributed by atoms with E-state index in [2.05, 4.69) is 30.5 Å². The Morgan fingerprint density at radius 3 is 1.42 bits per heavy atom. The standard InChI is InChI=1S/C10H20.C8H18O4.H2O2/c1-8(2)10-6-4-9(3)5-7-10;1-7(2,11-9)5-6-8(3,4)12-10;1-2/h8-10H,4-7H2,1-3H3;9-10H,5-6H2,1-4H3;1-2H. The van der Waals surface area contributed by atoms with Crippen molar-refractivity contribution in [3.63, 3.8) is 0 Å². The van der Waals surface area contributed by atoms with E-state index in [1.807, 2.05) is 0 Å². The highest BCUT2D eigenvalue weighted by Gasteiger charge is 2.25. The Kier molecular flexibility index (Phi) is 14.1. The highest BCUT2D eigenvalue weighted by atomic mass is 17.1. The minimum Gasteiger partial charge on any atom is -0.255 e. The van der Waals surface area contributed by atoms with Crippen molar-refractivity contribution in [2.75, 3.05) is 0 Å². The molecule has 6 nitrogen and oxygen atoms in total. The SMILES string of the molecule is CC(C)(CCC(C)(C)OO)OO.CC1CCC(C(C)C)CC1.OO. The van der Waals surface area contributed by atoms with E-state index in [4.69, 9.17) is 21.0 Å². The predicted octanol–water partition coefficient (Wildman–Crippen LogP) is 5.79. The van der Waals surface area contributed by atoms with Gasteiger partial charge in [-0.1, -0.05) is 33.6 Å². The Balaban J connectivity index is 0. The van der Waals surface area contributed by atoms with Gasteiger partial charge in [-0.2, -0.15) is 0 Å². The zero-order valence-corrected chi connectivity index (χ0v) is 16.6. The summed E-state index contributed by atoms with van der Waals surface area (Å²) in [5.74, 6) is 2.97. The topological polar surface area (TPSA) is 99.4 Å². The van der Waals surface area contributed by atoms with Crippen LogP contribution in [0.4, 0.5) is 0 Å². The second-order valence-electron chi connectivity index (χ2n) is 8.47. The minimum absolute atomic E-state index is 0.587. The van der Waals surface area contributed by atoms with E-state index in [0.29, 0.717) is 12.8 Å². The fourth-order valence-corrected chi connectivity index (χ4v) is 2.65. The van der Waals surface area contributed by atoms with Crippen molar-refractivity contribution >= 4 is 0 Å². The molecule has 148 valence electrons. The van der Waals surface area contributed by atoms with Crippen molar-refractivity contribution in [3.8, 4) is 0 Å². The maximum absolute atomic E-state index is 8.46. The molecule has 0 unspecified atom stereocenters. The lowest BCUT2D eigenvalue weighted by Crippen LogP contribution is -2.30. The average Bonchev–Trinajstić information content (AvgIpc) is 2.56. The Labute approximate surface area is 147 Å². The van der Waals surface area contributed by atoms with Gasteiger partial charge in [-0.15, -0.1) is 0 Å². The van der Waals surface area contributed by atoms with Crippen molar-refractivity contribution in [2.24, 2.45) is 17.8 Å². The third kappa shape index (κ3) is 13.1. The molecule has 4 N–H and O–H groups in total. The van der Waals surface area contributed by atoms with Gasteiger partial charge < -0.3 is 0 Å². The van der Waals surface area contributed by atoms with E-state index < -0.39 is 11.2 Å². The van der Waals surface area contributed by atoms with Crippen molar-refractivity contribution in [3.05, 3.63) is 0 Å². The molecule has 0 heterocycles. The molecule has 24 heavy (non-hydrogen) atoms. The molecule has 0 aromatic heterocycles. The van der Waals surface area contributed by atoms with Crippen molar-refractivity contribution in [1.29, 1.82) is 0 Å². The maximum atomic E-state index is 8.46. The molecule has 0 spiro atoms. The van der Waals surface area contributed by atoms with Crippen LogP contribution in [0, 0.1) is 17.8 Å². The summed E-state index contributed by atoms with van der Waals surface area (Å²) in [5.41, 5.74) is -1.17. The molecule has 0 aromatic rings. The van der Waals surface area contributed by atoms with Gasteiger partial charge in [-0.05, 0) is 71.1 Å². The van der Waals surface area contributed by atoms with Crippen LogP contribution >= 0.6 is 0 Å². The summed E-state index contributed by atoms with van der Waals surface area (Å²) in [6, 6.07) is 0. The summed E-state index contributed by atoms with van der Waals surface area (Å²) in [6.07, 6.45) is 7.14. The summed E-state index contributed by atoms with van der Waals surface area (Å²) in [5, 5.41) is 28.9. The van der Waals surface area contributed by atoms with Crippen LogP contribution < -0.4 is 0 Å². The lowest BCUT2D eigenvalue weighted by atomic mass is 9.78. The van der Waals surface area contributed by atoms with Crippen LogP contribution in [0.1, 0.15) is 87.0 Å². The molecule has 0 saturated heterocycles. The van der Waals surface area contributed by atoms with Crippen molar-refractivity contribution < 1.29 is 30.8 Å². The van der Waals surface area contributed by atoms with E-state index in [0.717, 1.165) is 17.8 Å². The first-order chi connectivity index (χ1) is 11.0. The van der Waals surface area contributed by atoms with Gasteiger partial charge in [0.25, 0.3) is 0 Å². The highest BCUT2D eigenvalue weighted by molar-refractivity contribution is 4.74. The summed E-state index contributed by atoms with van der Waals surface area (Å²) >= 11 is 0. The molecule has 0 aromatic carbocycles. The average molecular weight is 353 g/mol. The molecule has 1 rings (SSSR count). The first kappa shape index (κ1) is 26.0. The Hall–Kier alpha value is -0.240. The van der Waals surface area contributed by atoms with Gasteiger partial charge in [0.15, 0.2) is 0 Å². The van der Waals surface area contributed by atoms with Crippen LogP contribution in [-0.2, 0) is 9.78 Å². The third-order valence-corrected chi connectivity index (χ3v) is 4.83. The van der Waals surface area contributed by atoms with E-state index >= 15 is 0 Å². The zero-order valence-electron chi connectivity index (χ0n) is 16.6. The molecule has 0 atom stereocenters. The molecular formula is C18H40O6. The molecule has 0 amide bonds. The molecule has 1 aliphatic carbocycles. The molecule has 0 radical (unpaired) electrons. The van der Waals surface area contributed by atoms with Crippen LogP contribution in [-0.4, -0.2) is 32.2 Å². The van der Waals surface area contributed by atoms with Crippen LogP contribution in [0.3, 0.4) is 0 Å². The molecule has 0 aliphatic heterocycles. The van der Waals surface area contributed by atoms with Crippen LogP contribution in [0.15, 0.2) is 0 Å². The smallest absolute Gasteiger partial charge is 0.0978 e. The molecule has 6 heteroatoms. The predicted molar refractivity (Wildman–Crippen MR) is 96.0 cm³/mol. The number of hydrogen-bond donors (Lipinski definition) is 4. The van der Waals surface area contributed by atoms with Crippen molar-refractivity contribution in [1.82, 2.24) is 0 Å². The number of rotatable bonds is 6. The van der Waals surface area contributed by atoms with Gasteiger partial charge in [0.2, 0.25) is 0 Å². The Bertz CT molecular complexity index is 267. The van der Waals surface area contributed by atoms with Gasteiger partial charge in [0, 0.05) is 0 Å². The largest absolute Gasteiger partial charge is 0.255 e. The minimum atomic E-state index is -0.587. The lowest BCUT2D eigenvalue weighted by molar-refractivity contribution is -0.331. The molecule has 0 bridgehead atoms. The van der Waals surface area contributed by atoms with Crippen LogP contribution in [0.5, 0.6) is 0 Å². The molecule has 1 aliphatic rings. The van der Waals surface area contributed by atoms with Gasteiger partial charge >= 0.3 is 0 Å². The van der Waals surface area contributed by atoms with Gasteiger partial charge in [-0.25, -0.2) is 9.78 Å². The van der Waals surface area contributed by atoms with Crippen LogP contribution in [0.25, 0.3) is 0 Å². The summed E-state index contributed by atoms with van der Waals surface area (Å²) < 4.78 is 0. The van der Waals surface area contributed by atoms with Gasteiger partial charge in [0.1, 0.15) is 0 Å². The fourth-order valence-electron chi connectivity index (χ4n) is 2.65. The molecular weight excluding hydrogens is 312 g/mol. The van der Waals surface area contributed by atoms with Crippen LogP contribution in [0.2, 0.25) is 0 Å². The number of hydrogen-bond acceptors (Lipinski definition) is 6. The first-order valence-electron chi connectivity index (χ1n) is 8.88. The maximum Gasteiger partial charge on any atom is 0.0978 e. The van der Waals surface area contributed by atoms with E-state index in [1.54, 1.807) is 27.7 Å². The quantitative estimate of drug-likeness (QED) is 0.357. The first-order valence-corrected chi connectivity index (χ1v) is 8.88. The fraction of sp³-hybridized carbons (Fsp3) is 1.00. The summed E-state index contributed by atoms with van der Waals surface area (Å²) in [6.45, 7) is 14.2. The van der Waals surface area contributed by atoms with Crippen molar-refractivity contribution in [2.45, 2.75) is 98.2 Å². The normalized spacial score (nSPS) is 21.5. The second-order valence-corrected chi connectivity index (χ2v) is 8.47. The van der Waals surface area contributed by atoms with Gasteiger partial charge in [0.05, 0.1) is 11.2 Å². The summed E-state index contributed by atoms with van der Waals surface area (Å²) in [4.78, 5) is 8.48. The summed E-state index contributed by atoms with van der Waals surface area (Å²) in [7, 11) is 0. The van der Waals surface area contributed by atoms with Gasteiger partial charge in [-0.3, -0.25) is 21.0 Å². The Morgan fingerprint density at radius 2 is 1.17 bits per heavy atom. The zero-order chi connectivity index (χ0) is 19.4. The third-order valence-electron chi connectivity index (χ3n) is 4.83. The molecule has 1 saturated carbocycles. The Morgan fingerprint density at radius 1 is 0.833 bits per heavy atom. The monoisotopic (exact) mass is 352 g/mol. The highest BCUT2D eigenvalue weighted by Crippen LogP contribution is 2.32. The second kappa shape index (κ2) is 13.0. The van der Waals surface area contributed by atoms with E-state index in [-0.39, 0.29) is 0 Å². The molecule has 1 fully saturated rings. The van der Waals surface area contributed by atoms with E-state index in [1.165, 1.54) is 25.7 Å².